The summed E-state index contributed by atoms with van der Waals surface area (Å²) in [6.07, 6.45) is 0. The number of rotatable bonds is 3. The fourth-order valence-corrected chi connectivity index (χ4v) is 1.57. The van der Waals surface area contributed by atoms with E-state index in [0.29, 0.717) is 6.54 Å². The van der Waals surface area contributed by atoms with Crippen LogP contribution < -0.4 is 5.32 Å². The normalized spacial score (nSPS) is 10.1. The van der Waals surface area contributed by atoms with Gasteiger partial charge in [-0.25, -0.2) is 8.78 Å². The molecule has 18 heavy (non-hydrogen) atoms. The van der Waals surface area contributed by atoms with Gasteiger partial charge in [0.25, 0.3) is 5.91 Å². The Hall–Kier alpha value is -2.23. The van der Waals surface area contributed by atoms with Gasteiger partial charge in [-0.05, 0) is 17.7 Å². The third kappa shape index (κ3) is 3.13. The third-order valence-electron chi connectivity index (χ3n) is 2.42. The first-order chi connectivity index (χ1) is 8.65. The monoisotopic (exact) mass is 247 g/mol. The van der Waals surface area contributed by atoms with Crippen molar-refractivity contribution in [2.45, 2.75) is 6.54 Å². The van der Waals surface area contributed by atoms with E-state index in [1.807, 2.05) is 30.3 Å². The maximum absolute atomic E-state index is 12.9. The molecule has 0 heterocycles. The molecule has 0 aromatic heterocycles. The van der Waals surface area contributed by atoms with Crippen LogP contribution in [0.5, 0.6) is 0 Å². The molecule has 0 atom stereocenters. The summed E-state index contributed by atoms with van der Waals surface area (Å²) < 4.78 is 25.9. The summed E-state index contributed by atoms with van der Waals surface area (Å²) in [4.78, 5) is 11.7. The zero-order chi connectivity index (χ0) is 13.0. The van der Waals surface area contributed by atoms with Crippen molar-refractivity contribution in [3.63, 3.8) is 0 Å². The summed E-state index contributed by atoms with van der Waals surface area (Å²) in [5, 5.41) is 2.60. The highest BCUT2D eigenvalue weighted by molar-refractivity contribution is 5.94. The van der Waals surface area contributed by atoms with Crippen molar-refractivity contribution >= 4 is 5.91 Å². The summed E-state index contributed by atoms with van der Waals surface area (Å²) in [5.74, 6) is -2.03. The largest absolute Gasteiger partial charge is 0.348 e. The summed E-state index contributed by atoms with van der Waals surface area (Å²) in [5.41, 5.74) is 0.895. The summed E-state index contributed by atoms with van der Waals surface area (Å²) in [7, 11) is 0. The Morgan fingerprint density at radius 1 is 1.00 bits per heavy atom. The summed E-state index contributed by atoms with van der Waals surface area (Å²) in [6, 6.07) is 12.0. The number of hydrogen-bond donors (Lipinski definition) is 1. The van der Waals surface area contributed by atoms with Crippen LogP contribution in [0.2, 0.25) is 0 Å². The number of carbonyl (C=O) groups excluding carboxylic acids is 1. The summed E-state index contributed by atoms with van der Waals surface area (Å²) >= 11 is 0. The zero-order valence-corrected chi connectivity index (χ0v) is 9.49. The molecule has 0 saturated heterocycles. The topological polar surface area (TPSA) is 29.1 Å². The van der Waals surface area contributed by atoms with Crippen molar-refractivity contribution in [1.82, 2.24) is 5.32 Å². The fraction of sp³-hybridized carbons (Fsp3) is 0.0714. The van der Waals surface area contributed by atoms with Gasteiger partial charge in [0.2, 0.25) is 0 Å². The fourth-order valence-electron chi connectivity index (χ4n) is 1.57. The molecule has 2 rings (SSSR count). The van der Waals surface area contributed by atoms with Crippen LogP contribution in [0.25, 0.3) is 0 Å². The van der Waals surface area contributed by atoms with Crippen molar-refractivity contribution < 1.29 is 13.6 Å². The van der Waals surface area contributed by atoms with Gasteiger partial charge < -0.3 is 5.32 Å². The molecule has 1 amide bonds. The molecule has 0 aliphatic carbocycles. The van der Waals surface area contributed by atoms with E-state index in [0.717, 1.165) is 23.8 Å². The Kier molecular flexibility index (Phi) is 3.67. The van der Waals surface area contributed by atoms with E-state index in [1.165, 1.54) is 0 Å². The molecule has 0 fully saturated rings. The van der Waals surface area contributed by atoms with Crippen molar-refractivity contribution in [2.24, 2.45) is 0 Å². The highest BCUT2D eigenvalue weighted by Crippen LogP contribution is 2.08. The average Bonchev–Trinajstić information content (AvgIpc) is 2.36. The molecule has 1 N–H and O–H groups in total. The molecular weight excluding hydrogens is 236 g/mol. The second-order valence-corrected chi connectivity index (χ2v) is 3.83. The van der Waals surface area contributed by atoms with E-state index in [2.05, 4.69) is 5.32 Å². The van der Waals surface area contributed by atoms with Crippen LogP contribution in [-0.4, -0.2) is 5.91 Å². The molecule has 4 heteroatoms. The number of nitrogens with one attached hydrogen (secondary N) is 1. The molecule has 0 spiro atoms. The number of hydrogen-bond acceptors (Lipinski definition) is 1. The predicted octanol–water partition coefficient (Wildman–Crippen LogP) is 2.89. The van der Waals surface area contributed by atoms with Crippen LogP contribution in [0, 0.1) is 11.6 Å². The van der Waals surface area contributed by atoms with Crippen LogP contribution >= 0.6 is 0 Å². The molecule has 0 bridgehead atoms. The Morgan fingerprint density at radius 2 is 1.61 bits per heavy atom. The van der Waals surface area contributed by atoms with E-state index in [1.54, 1.807) is 0 Å². The van der Waals surface area contributed by atoms with E-state index in [-0.39, 0.29) is 5.56 Å². The van der Waals surface area contributed by atoms with Gasteiger partial charge in [0.15, 0.2) is 0 Å². The van der Waals surface area contributed by atoms with Gasteiger partial charge in [-0.15, -0.1) is 0 Å². The lowest BCUT2D eigenvalue weighted by Gasteiger charge is -2.05. The Bertz CT molecular complexity index is 535. The maximum Gasteiger partial charge on any atom is 0.251 e. The smallest absolute Gasteiger partial charge is 0.251 e. The Labute approximate surface area is 103 Å². The molecule has 92 valence electrons. The Balaban J connectivity index is 2.04. The first-order valence-electron chi connectivity index (χ1n) is 5.43. The van der Waals surface area contributed by atoms with Crippen LogP contribution in [0.4, 0.5) is 8.78 Å². The standard InChI is InChI=1S/C14H11F2NO/c15-12-6-11(7-13(16)8-12)14(18)17-9-10-4-2-1-3-5-10/h1-8H,9H2,(H,17,18). The van der Waals surface area contributed by atoms with E-state index in [9.17, 15) is 13.6 Å². The number of carbonyl (C=O) groups is 1. The van der Waals surface area contributed by atoms with E-state index >= 15 is 0 Å². The van der Waals surface area contributed by atoms with E-state index in [4.69, 9.17) is 0 Å². The average molecular weight is 247 g/mol. The lowest BCUT2D eigenvalue weighted by Crippen LogP contribution is -2.23. The molecule has 0 unspecified atom stereocenters. The minimum atomic E-state index is -0.764. The van der Waals surface area contributed by atoms with Crippen molar-refractivity contribution in [3.8, 4) is 0 Å². The van der Waals surface area contributed by atoms with Crippen molar-refractivity contribution in [1.29, 1.82) is 0 Å². The number of benzene rings is 2. The quantitative estimate of drug-likeness (QED) is 0.887. The van der Waals surface area contributed by atoms with Crippen LogP contribution in [-0.2, 0) is 6.54 Å². The highest BCUT2D eigenvalue weighted by atomic mass is 19.1. The second-order valence-electron chi connectivity index (χ2n) is 3.83. The summed E-state index contributed by atoms with van der Waals surface area (Å²) in [6.45, 7) is 0.317. The van der Waals surface area contributed by atoms with Crippen LogP contribution in [0.1, 0.15) is 15.9 Å². The van der Waals surface area contributed by atoms with Gasteiger partial charge in [-0.1, -0.05) is 30.3 Å². The molecule has 0 saturated carbocycles. The molecule has 0 aliphatic heterocycles. The van der Waals surface area contributed by atoms with Crippen molar-refractivity contribution in [2.75, 3.05) is 0 Å². The first kappa shape index (κ1) is 12.2. The Morgan fingerprint density at radius 3 is 2.22 bits per heavy atom. The van der Waals surface area contributed by atoms with Gasteiger partial charge in [0, 0.05) is 18.2 Å². The number of amides is 1. The maximum atomic E-state index is 12.9. The van der Waals surface area contributed by atoms with Gasteiger partial charge in [0.1, 0.15) is 11.6 Å². The minimum Gasteiger partial charge on any atom is -0.348 e. The lowest BCUT2D eigenvalue weighted by molar-refractivity contribution is 0.0950. The number of halogens is 2. The van der Waals surface area contributed by atoms with Crippen LogP contribution in [0.3, 0.4) is 0 Å². The minimum absolute atomic E-state index is 0.0246. The second kappa shape index (κ2) is 5.40. The predicted molar refractivity (Wildman–Crippen MR) is 64.0 cm³/mol. The van der Waals surface area contributed by atoms with Crippen LogP contribution in [0.15, 0.2) is 48.5 Å². The SMILES string of the molecule is O=C(NCc1ccccc1)c1cc(F)cc(F)c1. The molecule has 2 aromatic rings. The molecule has 0 radical (unpaired) electrons. The molecule has 0 aliphatic rings. The lowest BCUT2D eigenvalue weighted by atomic mass is 10.2. The van der Waals surface area contributed by atoms with Crippen molar-refractivity contribution in [3.05, 3.63) is 71.3 Å². The molecular formula is C14H11F2NO. The first-order valence-corrected chi connectivity index (χ1v) is 5.43. The third-order valence-corrected chi connectivity index (χ3v) is 2.42. The highest BCUT2D eigenvalue weighted by Gasteiger charge is 2.08. The van der Waals surface area contributed by atoms with Gasteiger partial charge in [0.05, 0.1) is 0 Å². The zero-order valence-electron chi connectivity index (χ0n) is 9.49. The van der Waals surface area contributed by atoms with Gasteiger partial charge in [-0.2, -0.15) is 0 Å². The molecule has 2 aromatic carbocycles. The van der Waals surface area contributed by atoms with Gasteiger partial charge >= 0.3 is 0 Å². The van der Waals surface area contributed by atoms with E-state index < -0.39 is 17.5 Å². The molecule has 2 nitrogen and oxygen atoms in total. The van der Waals surface area contributed by atoms with Gasteiger partial charge in [-0.3, -0.25) is 4.79 Å².